The van der Waals surface area contributed by atoms with Crippen molar-refractivity contribution in [2.75, 3.05) is 0 Å². The van der Waals surface area contributed by atoms with Crippen molar-refractivity contribution in [3.63, 3.8) is 0 Å². The van der Waals surface area contributed by atoms with Crippen molar-refractivity contribution in [2.24, 2.45) is 0 Å². The van der Waals surface area contributed by atoms with E-state index < -0.39 is 0 Å². The number of fused-ring (bicyclic) bond motifs is 1. The Morgan fingerprint density at radius 3 is 2.92 bits per heavy atom. The Kier molecular flexibility index (Phi) is 2.51. The summed E-state index contributed by atoms with van der Waals surface area (Å²) >= 11 is 11.7. The quantitative estimate of drug-likeness (QED) is 0.720. The van der Waals surface area contributed by atoms with E-state index in [2.05, 4.69) is 12.6 Å². The highest BCUT2D eigenvalue weighted by molar-refractivity contribution is 7.81. The number of thiophene rings is 1. The number of aliphatic hydroxyl groups excluding tert-OH is 1. The van der Waals surface area contributed by atoms with Gasteiger partial charge < -0.3 is 5.11 Å². The summed E-state index contributed by atoms with van der Waals surface area (Å²) in [6.45, 7) is 0.0258. The highest BCUT2D eigenvalue weighted by Gasteiger charge is 2.09. The summed E-state index contributed by atoms with van der Waals surface area (Å²) in [4.78, 5) is 0.770. The van der Waals surface area contributed by atoms with Gasteiger partial charge in [0.15, 0.2) is 0 Å². The van der Waals surface area contributed by atoms with Gasteiger partial charge in [-0.3, -0.25) is 0 Å². The zero-order valence-electron chi connectivity index (χ0n) is 6.62. The fraction of sp³-hybridized carbons (Fsp3) is 0.111. The molecule has 0 aliphatic carbocycles. The summed E-state index contributed by atoms with van der Waals surface area (Å²) in [6, 6.07) is 5.77. The summed E-state index contributed by atoms with van der Waals surface area (Å²) in [6.07, 6.45) is 0. The predicted molar refractivity (Wildman–Crippen MR) is 60.0 cm³/mol. The summed E-state index contributed by atoms with van der Waals surface area (Å²) in [7, 11) is 0. The monoisotopic (exact) mass is 230 g/mol. The minimum Gasteiger partial charge on any atom is -0.392 e. The maximum atomic E-state index is 9.10. The Morgan fingerprint density at radius 2 is 2.23 bits per heavy atom. The Morgan fingerprint density at radius 1 is 1.46 bits per heavy atom. The number of benzene rings is 1. The number of aliphatic hydroxyl groups is 1. The fourth-order valence-electron chi connectivity index (χ4n) is 1.31. The lowest BCUT2D eigenvalue weighted by Gasteiger charge is -1.98. The average molecular weight is 231 g/mol. The molecule has 0 fully saturated rings. The van der Waals surface area contributed by atoms with Crippen LogP contribution in [0.2, 0.25) is 4.34 Å². The fourth-order valence-corrected chi connectivity index (χ4v) is 3.00. The van der Waals surface area contributed by atoms with E-state index in [4.69, 9.17) is 16.7 Å². The van der Waals surface area contributed by atoms with Crippen LogP contribution in [0.15, 0.2) is 23.1 Å². The molecule has 0 saturated carbocycles. The molecule has 0 spiro atoms. The second-order valence-electron chi connectivity index (χ2n) is 2.67. The molecule has 2 aromatic rings. The molecule has 0 radical (unpaired) electrons. The molecule has 13 heavy (non-hydrogen) atoms. The van der Waals surface area contributed by atoms with Gasteiger partial charge in [-0.25, -0.2) is 0 Å². The van der Waals surface area contributed by atoms with Crippen LogP contribution in [0.25, 0.3) is 10.1 Å². The Balaban J connectivity index is 2.87. The number of hydrogen-bond acceptors (Lipinski definition) is 3. The zero-order chi connectivity index (χ0) is 9.42. The summed E-state index contributed by atoms with van der Waals surface area (Å²) in [5.74, 6) is 0. The molecule has 1 N–H and O–H groups in total. The molecule has 1 aromatic carbocycles. The van der Waals surface area contributed by atoms with Gasteiger partial charge in [0.05, 0.1) is 6.61 Å². The van der Waals surface area contributed by atoms with Gasteiger partial charge in [0.2, 0.25) is 0 Å². The number of rotatable bonds is 1. The van der Waals surface area contributed by atoms with Gasteiger partial charge in [-0.05, 0) is 11.6 Å². The summed E-state index contributed by atoms with van der Waals surface area (Å²) in [5, 5.41) is 10.1. The Bertz CT molecular complexity index is 450. The SMILES string of the molecule is OCc1cccc2sc(Cl)c(S)c12. The van der Waals surface area contributed by atoms with Crippen LogP contribution in [0, 0.1) is 0 Å². The minimum atomic E-state index is 0.0258. The molecule has 0 amide bonds. The first-order valence-electron chi connectivity index (χ1n) is 3.73. The van der Waals surface area contributed by atoms with E-state index in [0.29, 0.717) is 4.34 Å². The normalized spacial score (nSPS) is 11.0. The highest BCUT2D eigenvalue weighted by atomic mass is 35.5. The molecular formula is C9H7ClOS2. The molecule has 4 heteroatoms. The van der Waals surface area contributed by atoms with E-state index >= 15 is 0 Å². The summed E-state index contributed by atoms with van der Waals surface area (Å²) in [5.41, 5.74) is 0.880. The molecule has 0 unspecified atom stereocenters. The molecule has 1 heterocycles. The van der Waals surface area contributed by atoms with Crippen molar-refractivity contribution < 1.29 is 5.11 Å². The molecule has 2 rings (SSSR count). The van der Waals surface area contributed by atoms with Gasteiger partial charge in [0.25, 0.3) is 0 Å². The lowest BCUT2D eigenvalue weighted by Crippen LogP contribution is -1.82. The highest BCUT2D eigenvalue weighted by Crippen LogP contribution is 2.39. The topological polar surface area (TPSA) is 20.2 Å². The van der Waals surface area contributed by atoms with Crippen LogP contribution in [-0.4, -0.2) is 5.11 Å². The Labute approximate surface area is 90.4 Å². The van der Waals surface area contributed by atoms with Crippen molar-refractivity contribution in [3.05, 3.63) is 28.1 Å². The van der Waals surface area contributed by atoms with Crippen LogP contribution in [0.3, 0.4) is 0 Å². The van der Waals surface area contributed by atoms with Crippen LogP contribution in [0.1, 0.15) is 5.56 Å². The van der Waals surface area contributed by atoms with E-state index in [9.17, 15) is 0 Å². The van der Waals surface area contributed by atoms with Crippen LogP contribution < -0.4 is 0 Å². The van der Waals surface area contributed by atoms with Gasteiger partial charge in [-0.1, -0.05) is 23.7 Å². The van der Waals surface area contributed by atoms with E-state index in [1.807, 2.05) is 18.2 Å². The maximum Gasteiger partial charge on any atom is 0.107 e. The van der Waals surface area contributed by atoms with Gasteiger partial charge in [0.1, 0.15) is 4.34 Å². The number of hydrogen-bond donors (Lipinski definition) is 2. The van der Waals surface area contributed by atoms with Crippen molar-refractivity contribution in [2.45, 2.75) is 11.5 Å². The molecule has 0 aliphatic heterocycles. The third kappa shape index (κ3) is 1.46. The lowest BCUT2D eigenvalue weighted by atomic mass is 10.1. The van der Waals surface area contributed by atoms with E-state index in [0.717, 1.165) is 20.5 Å². The van der Waals surface area contributed by atoms with Crippen LogP contribution in [-0.2, 0) is 6.61 Å². The second-order valence-corrected chi connectivity index (χ2v) is 4.77. The van der Waals surface area contributed by atoms with Crippen molar-refractivity contribution >= 4 is 45.7 Å². The third-order valence-corrected chi connectivity index (χ3v) is 4.00. The van der Waals surface area contributed by atoms with Crippen molar-refractivity contribution in [3.8, 4) is 0 Å². The first kappa shape index (κ1) is 9.34. The molecule has 1 nitrogen and oxygen atoms in total. The smallest absolute Gasteiger partial charge is 0.107 e. The van der Waals surface area contributed by atoms with E-state index in [1.54, 1.807) is 0 Å². The summed E-state index contributed by atoms with van der Waals surface area (Å²) < 4.78 is 1.75. The standard InChI is InChI=1S/C9H7ClOS2/c10-9-8(12)7-5(4-11)2-1-3-6(7)13-9/h1-3,11-12H,4H2. The average Bonchev–Trinajstić information content (AvgIpc) is 2.43. The second kappa shape index (κ2) is 3.50. The van der Waals surface area contributed by atoms with Crippen molar-refractivity contribution in [1.82, 2.24) is 0 Å². The molecule has 68 valence electrons. The third-order valence-electron chi connectivity index (χ3n) is 1.91. The minimum absolute atomic E-state index is 0.0258. The Hall–Kier alpha value is -0.220. The van der Waals surface area contributed by atoms with Crippen LogP contribution in [0.5, 0.6) is 0 Å². The van der Waals surface area contributed by atoms with Crippen molar-refractivity contribution in [1.29, 1.82) is 0 Å². The molecule has 0 saturated heterocycles. The first-order chi connectivity index (χ1) is 6.24. The van der Waals surface area contributed by atoms with Gasteiger partial charge >= 0.3 is 0 Å². The zero-order valence-corrected chi connectivity index (χ0v) is 9.09. The molecule has 0 aliphatic rings. The first-order valence-corrected chi connectivity index (χ1v) is 5.38. The van der Waals surface area contributed by atoms with Gasteiger partial charge in [0, 0.05) is 15.0 Å². The van der Waals surface area contributed by atoms with Gasteiger partial charge in [-0.2, -0.15) is 0 Å². The van der Waals surface area contributed by atoms with Crippen LogP contribution in [0.4, 0.5) is 0 Å². The van der Waals surface area contributed by atoms with E-state index in [-0.39, 0.29) is 6.61 Å². The molecule has 0 atom stereocenters. The molecule has 1 aromatic heterocycles. The maximum absolute atomic E-state index is 9.10. The largest absolute Gasteiger partial charge is 0.392 e. The van der Waals surface area contributed by atoms with Crippen LogP contribution >= 0.6 is 35.6 Å². The predicted octanol–water partition coefficient (Wildman–Crippen LogP) is 3.34. The van der Waals surface area contributed by atoms with E-state index in [1.165, 1.54) is 11.3 Å². The molecule has 0 bridgehead atoms. The van der Waals surface area contributed by atoms with Gasteiger partial charge in [-0.15, -0.1) is 24.0 Å². The molecular weight excluding hydrogens is 224 g/mol. The number of thiol groups is 1. The lowest BCUT2D eigenvalue weighted by molar-refractivity contribution is 0.283. The number of halogens is 1.